The van der Waals surface area contributed by atoms with E-state index in [0.29, 0.717) is 6.04 Å². The van der Waals surface area contributed by atoms with Crippen LogP contribution in [0.2, 0.25) is 0 Å². The van der Waals surface area contributed by atoms with Crippen molar-refractivity contribution in [3.63, 3.8) is 0 Å². The van der Waals surface area contributed by atoms with Gasteiger partial charge in [0.15, 0.2) is 0 Å². The standard InChI is InChI=1S/C15H25NO/c1-5-14(4)16(6-2)11-12-17-15-9-7-13(3)8-10-15/h7-10,14H,5-6,11-12H2,1-4H3. The summed E-state index contributed by atoms with van der Waals surface area (Å²) in [4.78, 5) is 2.45. The van der Waals surface area contributed by atoms with Gasteiger partial charge in [0.05, 0.1) is 0 Å². The molecule has 1 aromatic rings. The van der Waals surface area contributed by atoms with Crippen LogP contribution in [0.15, 0.2) is 24.3 Å². The Kier molecular flexibility index (Phi) is 6.06. The van der Waals surface area contributed by atoms with Crippen LogP contribution in [0, 0.1) is 6.92 Å². The molecule has 1 rings (SSSR count). The fourth-order valence-electron chi connectivity index (χ4n) is 1.86. The molecular formula is C15H25NO. The lowest BCUT2D eigenvalue weighted by molar-refractivity contribution is 0.171. The molecule has 0 bridgehead atoms. The molecule has 0 radical (unpaired) electrons. The molecule has 1 aromatic carbocycles. The van der Waals surface area contributed by atoms with Crippen LogP contribution in [0.4, 0.5) is 0 Å². The maximum atomic E-state index is 5.75. The van der Waals surface area contributed by atoms with E-state index in [9.17, 15) is 0 Å². The van der Waals surface area contributed by atoms with Gasteiger partial charge in [-0.05, 0) is 38.9 Å². The average Bonchev–Trinajstić information content (AvgIpc) is 2.36. The Morgan fingerprint density at radius 2 is 1.82 bits per heavy atom. The quantitative estimate of drug-likeness (QED) is 0.717. The summed E-state index contributed by atoms with van der Waals surface area (Å²) in [6.07, 6.45) is 1.19. The predicted molar refractivity (Wildman–Crippen MR) is 73.7 cm³/mol. The van der Waals surface area contributed by atoms with Crippen molar-refractivity contribution in [2.75, 3.05) is 19.7 Å². The second kappa shape index (κ2) is 7.33. The number of benzene rings is 1. The van der Waals surface area contributed by atoms with Gasteiger partial charge in [0.25, 0.3) is 0 Å². The third kappa shape index (κ3) is 4.78. The Morgan fingerprint density at radius 1 is 1.18 bits per heavy atom. The molecule has 2 nitrogen and oxygen atoms in total. The van der Waals surface area contributed by atoms with E-state index in [-0.39, 0.29) is 0 Å². The maximum absolute atomic E-state index is 5.75. The van der Waals surface area contributed by atoms with Crippen LogP contribution in [0.5, 0.6) is 5.75 Å². The van der Waals surface area contributed by atoms with Crippen molar-refractivity contribution in [2.45, 2.75) is 40.2 Å². The van der Waals surface area contributed by atoms with E-state index in [2.05, 4.69) is 44.7 Å². The van der Waals surface area contributed by atoms with Crippen LogP contribution in [0.1, 0.15) is 32.8 Å². The van der Waals surface area contributed by atoms with E-state index >= 15 is 0 Å². The first-order chi connectivity index (χ1) is 8.17. The zero-order valence-corrected chi connectivity index (χ0v) is 11.6. The van der Waals surface area contributed by atoms with Gasteiger partial charge < -0.3 is 4.74 Å². The van der Waals surface area contributed by atoms with Crippen molar-refractivity contribution in [3.05, 3.63) is 29.8 Å². The highest BCUT2D eigenvalue weighted by Crippen LogP contribution is 2.11. The fourth-order valence-corrected chi connectivity index (χ4v) is 1.86. The molecule has 0 aliphatic carbocycles. The summed E-state index contributed by atoms with van der Waals surface area (Å²) < 4.78 is 5.75. The molecule has 0 heterocycles. The second-order valence-electron chi connectivity index (χ2n) is 4.55. The molecule has 0 fully saturated rings. The summed E-state index contributed by atoms with van der Waals surface area (Å²) in [6, 6.07) is 8.88. The van der Waals surface area contributed by atoms with Crippen LogP contribution < -0.4 is 4.74 Å². The Bertz CT molecular complexity index is 307. The lowest BCUT2D eigenvalue weighted by atomic mass is 10.2. The first-order valence-corrected chi connectivity index (χ1v) is 6.60. The molecule has 0 aromatic heterocycles. The largest absolute Gasteiger partial charge is 0.492 e. The summed E-state index contributed by atoms with van der Waals surface area (Å²) in [5.74, 6) is 0.968. The SMILES string of the molecule is CCC(C)N(CC)CCOc1ccc(C)cc1. The highest BCUT2D eigenvalue weighted by Gasteiger charge is 2.09. The number of aryl methyl sites for hydroxylation is 1. The Labute approximate surface area is 106 Å². The molecule has 0 amide bonds. The molecule has 0 aliphatic rings. The summed E-state index contributed by atoms with van der Waals surface area (Å²) in [5, 5.41) is 0. The number of likely N-dealkylation sites (N-methyl/N-ethyl adjacent to an activating group) is 1. The lowest BCUT2D eigenvalue weighted by Crippen LogP contribution is -2.35. The van der Waals surface area contributed by atoms with Crippen molar-refractivity contribution in [2.24, 2.45) is 0 Å². The van der Waals surface area contributed by atoms with Gasteiger partial charge in [-0.15, -0.1) is 0 Å². The number of hydrogen-bond donors (Lipinski definition) is 0. The Balaban J connectivity index is 2.33. The van der Waals surface area contributed by atoms with Gasteiger partial charge in [0, 0.05) is 12.6 Å². The topological polar surface area (TPSA) is 12.5 Å². The van der Waals surface area contributed by atoms with E-state index in [1.54, 1.807) is 0 Å². The zero-order chi connectivity index (χ0) is 12.7. The van der Waals surface area contributed by atoms with Crippen molar-refractivity contribution in [1.82, 2.24) is 4.90 Å². The average molecular weight is 235 g/mol. The maximum Gasteiger partial charge on any atom is 0.119 e. The summed E-state index contributed by atoms with van der Waals surface area (Å²) in [5.41, 5.74) is 1.27. The molecule has 17 heavy (non-hydrogen) atoms. The fraction of sp³-hybridized carbons (Fsp3) is 0.600. The van der Waals surface area contributed by atoms with E-state index < -0.39 is 0 Å². The number of nitrogens with zero attached hydrogens (tertiary/aromatic N) is 1. The van der Waals surface area contributed by atoms with Gasteiger partial charge in [-0.3, -0.25) is 4.90 Å². The molecule has 0 saturated heterocycles. The minimum Gasteiger partial charge on any atom is -0.492 e. The molecule has 0 N–H and O–H groups in total. The van der Waals surface area contributed by atoms with Gasteiger partial charge >= 0.3 is 0 Å². The number of hydrogen-bond acceptors (Lipinski definition) is 2. The zero-order valence-electron chi connectivity index (χ0n) is 11.6. The molecule has 0 saturated carbocycles. The van der Waals surface area contributed by atoms with Crippen LogP contribution >= 0.6 is 0 Å². The van der Waals surface area contributed by atoms with E-state index in [1.165, 1.54) is 12.0 Å². The molecule has 1 atom stereocenters. The third-order valence-electron chi connectivity index (χ3n) is 3.29. The van der Waals surface area contributed by atoms with Crippen molar-refractivity contribution < 1.29 is 4.74 Å². The van der Waals surface area contributed by atoms with Crippen molar-refractivity contribution >= 4 is 0 Å². The van der Waals surface area contributed by atoms with Gasteiger partial charge in [0.1, 0.15) is 12.4 Å². The van der Waals surface area contributed by atoms with Crippen molar-refractivity contribution in [3.8, 4) is 5.75 Å². The van der Waals surface area contributed by atoms with Crippen LogP contribution in [0.3, 0.4) is 0 Å². The first-order valence-electron chi connectivity index (χ1n) is 6.60. The summed E-state index contributed by atoms with van der Waals surface area (Å²) in [7, 11) is 0. The van der Waals surface area contributed by atoms with Crippen molar-refractivity contribution in [1.29, 1.82) is 0 Å². The third-order valence-corrected chi connectivity index (χ3v) is 3.29. The summed E-state index contributed by atoms with van der Waals surface area (Å²) in [6.45, 7) is 11.7. The lowest BCUT2D eigenvalue weighted by Gasteiger charge is -2.26. The molecule has 0 spiro atoms. The Morgan fingerprint density at radius 3 is 2.35 bits per heavy atom. The Hall–Kier alpha value is -1.02. The monoisotopic (exact) mass is 235 g/mol. The van der Waals surface area contributed by atoms with E-state index in [4.69, 9.17) is 4.74 Å². The molecule has 96 valence electrons. The van der Waals surface area contributed by atoms with Crippen LogP contribution in [-0.2, 0) is 0 Å². The number of rotatable bonds is 7. The van der Waals surface area contributed by atoms with Crippen LogP contribution in [-0.4, -0.2) is 30.6 Å². The van der Waals surface area contributed by atoms with Gasteiger partial charge in [0.2, 0.25) is 0 Å². The van der Waals surface area contributed by atoms with E-state index in [0.717, 1.165) is 25.4 Å². The number of ether oxygens (including phenoxy) is 1. The van der Waals surface area contributed by atoms with Gasteiger partial charge in [-0.25, -0.2) is 0 Å². The highest BCUT2D eigenvalue weighted by molar-refractivity contribution is 5.26. The smallest absolute Gasteiger partial charge is 0.119 e. The first kappa shape index (κ1) is 14.0. The molecular weight excluding hydrogens is 210 g/mol. The highest BCUT2D eigenvalue weighted by atomic mass is 16.5. The predicted octanol–water partition coefficient (Wildman–Crippen LogP) is 3.49. The molecule has 0 aliphatic heterocycles. The second-order valence-corrected chi connectivity index (χ2v) is 4.55. The minimum absolute atomic E-state index is 0.640. The van der Waals surface area contributed by atoms with Gasteiger partial charge in [-0.1, -0.05) is 31.5 Å². The minimum atomic E-state index is 0.640. The van der Waals surface area contributed by atoms with Crippen LogP contribution in [0.25, 0.3) is 0 Å². The molecule has 2 heteroatoms. The summed E-state index contributed by atoms with van der Waals surface area (Å²) >= 11 is 0. The normalized spacial score (nSPS) is 12.8. The molecule has 1 unspecified atom stereocenters. The van der Waals surface area contributed by atoms with Gasteiger partial charge in [-0.2, -0.15) is 0 Å². The van der Waals surface area contributed by atoms with E-state index in [1.807, 2.05) is 12.1 Å².